The summed E-state index contributed by atoms with van der Waals surface area (Å²) in [5.74, 6) is -1.11. The highest BCUT2D eigenvalue weighted by molar-refractivity contribution is 7.89. The molecule has 0 aromatic rings. The molecule has 2 aliphatic rings. The fourth-order valence-corrected chi connectivity index (χ4v) is 5.67. The first kappa shape index (κ1) is 14.8. The molecule has 1 aliphatic carbocycles. The molecule has 0 amide bonds. The zero-order valence-electron chi connectivity index (χ0n) is 11.4. The molecule has 2 unspecified atom stereocenters. The Morgan fingerprint density at radius 1 is 1.11 bits per heavy atom. The highest BCUT2D eigenvalue weighted by atomic mass is 32.2. The molecule has 6 heteroatoms. The quantitative estimate of drug-likeness (QED) is 0.860. The lowest BCUT2D eigenvalue weighted by Crippen LogP contribution is -2.54. The molecule has 2 rings (SSSR count). The van der Waals surface area contributed by atoms with E-state index in [1.54, 1.807) is 0 Å². The molecule has 0 aromatic heterocycles. The molecule has 0 spiro atoms. The Balaban J connectivity index is 2.23. The lowest BCUT2D eigenvalue weighted by atomic mass is 9.93. The number of nitrogens with zero attached hydrogens (tertiary/aromatic N) is 1. The molecular weight excluding hydrogens is 266 g/mol. The summed E-state index contributed by atoms with van der Waals surface area (Å²) < 4.78 is 26.6. The van der Waals surface area contributed by atoms with Crippen molar-refractivity contribution in [3.8, 4) is 0 Å². The number of carboxylic acids is 1. The summed E-state index contributed by atoms with van der Waals surface area (Å²) in [6, 6.07) is -0.874. The van der Waals surface area contributed by atoms with E-state index in [-0.39, 0.29) is 11.2 Å². The van der Waals surface area contributed by atoms with E-state index in [1.165, 1.54) is 4.31 Å². The van der Waals surface area contributed by atoms with Crippen LogP contribution in [-0.4, -0.2) is 41.6 Å². The first-order valence-corrected chi connectivity index (χ1v) is 8.68. The van der Waals surface area contributed by atoms with Crippen LogP contribution in [0.4, 0.5) is 0 Å². The zero-order chi connectivity index (χ0) is 14.0. The molecule has 5 nitrogen and oxygen atoms in total. The van der Waals surface area contributed by atoms with Gasteiger partial charge in [0.05, 0.1) is 5.25 Å². The van der Waals surface area contributed by atoms with Crippen LogP contribution in [0.3, 0.4) is 0 Å². The minimum absolute atomic E-state index is 0.107. The second kappa shape index (κ2) is 5.79. The fraction of sp³-hybridized carbons (Fsp3) is 0.923. The SMILES string of the molecule is CC1CCCN(S(=O)(=O)C2CCCCC2)C1C(=O)O. The van der Waals surface area contributed by atoms with Gasteiger partial charge in [0.25, 0.3) is 0 Å². The largest absolute Gasteiger partial charge is 0.480 e. The van der Waals surface area contributed by atoms with Crippen LogP contribution in [0.2, 0.25) is 0 Å². The van der Waals surface area contributed by atoms with Crippen molar-refractivity contribution >= 4 is 16.0 Å². The fourth-order valence-electron chi connectivity index (χ4n) is 3.36. The van der Waals surface area contributed by atoms with Crippen molar-refractivity contribution in [1.29, 1.82) is 0 Å². The molecule has 1 saturated heterocycles. The van der Waals surface area contributed by atoms with Gasteiger partial charge < -0.3 is 5.11 Å². The van der Waals surface area contributed by atoms with Gasteiger partial charge in [0.15, 0.2) is 0 Å². The number of sulfonamides is 1. The van der Waals surface area contributed by atoms with Gasteiger partial charge >= 0.3 is 5.97 Å². The van der Waals surface area contributed by atoms with E-state index in [0.717, 1.165) is 32.1 Å². The van der Waals surface area contributed by atoms with Gasteiger partial charge in [0, 0.05) is 6.54 Å². The number of piperidine rings is 1. The molecule has 0 bridgehead atoms. The molecule has 1 heterocycles. The van der Waals surface area contributed by atoms with Crippen LogP contribution in [0.25, 0.3) is 0 Å². The Labute approximate surface area is 115 Å². The number of carbonyl (C=O) groups is 1. The summed E-state index contributed by atoms with van der Waals surface area (Å²) in [7, 11) is -3.46. The van der Waals surface area contributed by atoms with E-state index in [4.69, 9.17) is 0 Å². The van der Waals surface area contributed by atoms with Crippen molar-refractivity contribution in [2.75, 3.05) is 6.54 Å². The molecule has 110 valence electrons. The molecule has 0 radical (unpaired) electrons. The number of hydrogen-bond acceptors (Lipinski definition) is 3. The molecule has 19 heavy (non-hydrogen) atoms. The standard InChI is InChI=1S/C13H23NO4S/c1-10-6-5-9-14(12(10)13(15)16)19(17,18)11-7-3-2-4-8-11/h10-12H,2-9H2,1H3,(H,15,16). The molecular formula is C13H23NO4S. The van der Waals surface area contributed by atoms with Gasteiger partial charge in [-0.2, -0.15) is 4.31 Å². The van der Waals surface area contributed by atoms with Crippen LogP contribution in [0.15, 0.2) is 0 Å². The number of rotatable bonds is 3. The average Bonchev–Trinajstić information content (AvgIpc) is 2.39. The topological polar surface area (TPSA) is 74.7 Å². The van der Waals surface area contributed by atoms with Crippen LogP contribution in [0.5, 0.6) is 0 Å². The molecule has 1 N–H and O–H groups in total. The van der Waals surface area contributed by atoms with Crippen molar-refractivity contribution in [2.24, 2.45) is 5.92 Å². The van der Waals surface area contributed by atoms with Crippen LogP contribution < -0.4 is 0 Å². The van der Waals surface area contributed by atoms with Crippen LogP contribution in [0.1, 0.15) is 51.9 Å². The third-order valence-electron chi connectivity index (χ3n) is 4.44. The third kappa shape index (κ3) is 2.94. The summed E-state index contributed by atoms with van der Waals surface area (Å²) in [5, 5.41) is 8.97. The molecule has 0 aromatic carbocycles. The summed E-state index contributed by atoms with van der Waals surface area (Å²) in [6.45, 7) is 2.20. The smallest absolute Gasteiger partial charge is 0.322 e. The van der Waals surface area contributed by atoms with E-state index in [9.17, 15) is 18.3 Å². The monoisotopic (exact) mass is 289 g/mol. The number of carboxylic acid groups (broad SMARTS) is 1. The van der Waals surface area contributed by atoms with Gasteiger partial charge in [0.1, 0.15) is 6.04 Å². The normalized spacial score (nSPS) is 31.2. The molecule has 1 aliphatic heterocycles. The number of hydrogen-bond donors (Lipinski definition) is 1. The van der Waals surface area contributed by atoms with Gasteiger partial charge in [0.2, 0.25) is 10.0 Å². The second-order valence-electron chi connectivity index (χ2n) is 5.82. The van der Waals surface area contributed by atoms with Crippen LogP contribution in [0, 0.1) is 5.92 Å². The average molecular weight is 289 g/mol. The van der Waals surface area contributed by atoms with Gasteiger partial charge in [-0.1, -0.05) is 26.2 Å². The minimum Gasteiger partial charge on any atom is -0.480 e. The highest BCUT2D eigenvalue weighted by Gasteiger charge is 2.44. The Morgan fingerprint density at radius 2 is 1.74 bits per heavy atom. The summed E-state index contributed by atoms with van der Waals surface area (Å²) in [6.07, 6.45) is 5.87. The molecule has 1 saturated carbocycles. The van der Waals surface area contributed by atoms with Crippen LogP contribution >= 0.6 is 0 Å². The van der Waals surface area contributed by atoms with Crippen molar-refractivity contribution in [3.63, 3.8) is 0 Å². The van der Waals surface area contributed by atoms with Crippen molar-refractivity contribution < 1.29 is 18.3 Å². The zero-order valence-corrected chi connectivity index (χ0v) is 12.2. The van der Waals surface area contributed by atoms with E-state index in [1.807, 2.05) is 6.92 Å². The van der Waals surface area contributed by atoms with Gasteiger partial charge in [-0.25, -0.2) is 8.42 Å². The van der Waals surface area contributed by atoms with E-state index >= 15 is 0 Å². The Kier molecular flexibility index (Phi) is 4.50. The van der Waals surface area contributed by atoms with Gasteiger partial charge in [-0.3, -0.25) is 4.79 Å². The Hall–Kier alpha value is -0.620. The summed E-state index contributed by atoms with van der Waals surface area (Å²) in [4.78, 5) is 11.4. The van der Waals surface area contributed by atoms with Crippen molar-refractivity contribution in [2.45, 2.75) is 63.2 Å². The maximum Gasteiger partial charge on any atom is 0.322 e. The highest BCUT2D eigenvalue weighted by Crippen LogP contribution is 2.32. The summed E-state index contributed by atoms with van der Waals surface area (Å²) >= 11 is 0. The first-order valence-electron chi connectivity index (χ1n) is 7.18. The predicted octanol–water partition coefficient (Wildman–Crippen LogP) is 1.83. The minimum atomic E-state index is -3.46. The lowest BCUT2D eigenvalue weighted by Gasteiger charge is -2.39. The van der Waals surface area contributed by atoms with Crippen molar-refractivity contribution in [1.82, 2.24) is 4.31 Å². The molecule has 2 atom stereocenters. The lowest BCUT2D eigenvalue weighted by molar-refractivity contribution is -0.144. The third-order valence-corrected chi connectivity index (χ3v) is 6.82. The van der Waals surface area contributed by atoms with E-state index in [2.05, 4.69) is 0 Å². The van der Waals surface area contributed by atoms with Crippen molar-refractivity contribution in [3.05, 3.63) is 0 Å². The second-order valence-corrected chi connectivity index (χ2v) is 7.98. The summed E-state index contributed by atoms with van der Waals surface area (Å²) in [5.41, 5.74) is 0. The maximum atomic E-state index is 12.7. The predicted molar refractivity (Wildman–Crippen MR) is 72.3 cm³/mol. The Morgan fingerprint density at radius 3 is 2.32 bits per heavy atom. The first-order chi connectivity index (χ1) is 8.94. The van der Waals surface area contributed by atoms with Crippen LogP contribution in [-0.2, 0) is 14.8 Å². The van der Waals surface area contributed by atoms with Gasteiger partial charge in [-0.05, 0) is 31.6 Å². The maximum absolute atomic E-state index is 12.7. The number of aliphatic carboxylic acids is 1. The Bertz CT molecular complexity index is 428. The van der Waals surface area contributed by atoms with E-state index in [0.29, 0.717) is 19.4 Å². The molecule has 2 fully saturated rings. The van der Waals surface area contributed by atoms with Gasteiger partial charge in [-0.15, -0.1) is 0 Å². The van der Waals surface area contributed by atoms with E-state index < -0.39 is 22.0 Å².